The third kappa shape index (κ3) is 1.94. The molecule has 0 fully saturated rings. The lowest BCUT2D eigenvalue weighted by molar-refractivity contribution is -0.755. The average Bonchev–Trinajstić information content (AvgIpc) is 3.13. The van der Waals surface area contributed by atoms with E-state index in [0.29, 0.717) is 13.2 Å². The van der Waals surface area contributed by atoms with Crippen LogP contribution in [0.4, 0.5) is 0 Å². The van der Waals surface area contributed by atoms with E-state index in [1.54, 1.807) is 0 Å². The molecule has 142 valence electrons. The number of hydrogen-bond acceptors (Lipinski definition) is 4. The van der Waals surface area contributed by atoms with E-state index in [0.717, 1.165) is 17.1 Å². The lowest BCUT2D eigenvalue weighted by atomic mass is 9.57. The van der Waals surface area contributed by atoms with Gasteiger partial charge in [-0.15, -0.1) is 0 Å². The highest BCUT2D eigenvalue weighted by Crippen LogP contribution is 2.64. The van der Waals surface area contributed by atoms with Crippen molar-refractivity contribution in [3.8, 4) is 11.5 Å². The van der Waals surface area contributed by atoms with Crippen molar-refractivity contribution in [3.05, 3.63) is 53.3 Å². The van der Waals surface area contributed by atoms with E-state index in [2.05, 4.69) is 48.9 Å². The molecule has 1 aromatic heterocycles. The Morgan fingerprint density at radius 1 is 1.07 bits per heavy atom. The maximum atomic E-state index is 6.50. The van der Waals surface area contributed by atoms with Gasteiger partial charge in [0.2, 0.25) is 6.79 Å². The number of aromatic nitrogens is 1. The molecule has 0 spiro atoms. The van der Waals surface area contributed by atoms with Gasteiger partial charge in [0.1, 0.15) is 5.92 Å². The first-order chi connectivity index (χ1) is 13.1. The molecule has 0 amide bonds. The summed E-state index contributed by atoms with van der Waals surface area (Å²) >= 11 is 0. The number of hydrogen-bond donors (Lipinski definition) is 0. The van der Waals surface area contributed by atoms with Crippen molar-refractivity contribution >= 4 is 0 Å². The third-order valence-electron chi connectivity index (χ3n) is 6.37. The zero-order valence-electron chi connectivity index (χ0n) is 16.3. The van der Waals surface area contributed by atoms with Crippen molar-refractivity contribution in [1.29, 1.82) is 0 Å². The maximum absolute atomic E-state index is 6.50. The minimum atomic E-state index is -0.767. The highest BCUT2D eigenvalue weighted by atomic mass is 16.7. The molecule has 5 nitrogen and oxygen atoms in total. The summed E-state index contributed by atoms with van der Waals surface area (Å²) in [6, 6.07) is 10.7. The van der Waals surface area contributed by atoms with Gasteiger partial charge in [-0.3, -0.25) is 0 Å². The van der Waals surface area contributed by atoms with Crippen molar-refractivity contribution < 1.29 is 23.5 Å². The van der Waals surface area contributed by atoms with E-state index < -0.39 is 5.79 Å². The average molecular weight is 368 g/mol. The minimum Gasteiger partial charge on any atom is -0.454 e. The van der Waals surface area contributed by atoms with Gasteiger partial charge in [-0.05, 0) is 39.8 Å². The van der Waals surface area contributed by atoms with Crippen LogP contribution in [0.1, 0.15) is 56.5 Å². The Morgan fingerprint density at radius 2 is 1.85 bits per heavy atom. The molecule has 2 bridgehead atoms. The van der Waals surface area contributed by atoms with Crippen LogP contribution < -0.4 is 14.0 Å². The van der Waals surface area contributed by atoms with Crippen LogP contribution in [0.5, 0.6) is 11.5 Å². The van der Waals surface area contributed by atoms with Crippen molar-refractivity contribution in [2.45, 2.75) is 45.4 Å². The fourth-order valence-corrected chi connectivity index (χ4v) is 5.49. The molecule has 0 saturated heterocycles. The van der Waals surface area contributed by atoms with Gasteiger partial charge in [-0.1, -0.05) is 6.07 Å². The highest BCUT2D eigenvalue weighted by molar-refractivity contribution is 5.59. The summed E-state index contributed by atoms with van der Waals surface area (Å²) in [6.45, 7) is 10.0. The Morgan fingerprint density at radius 3 is 2.59 bits per heavy atom. The molecule has 2 unspecified atom stereocenters. The van der Waals surface area contributed by atoms with Crippen LogP contribution in [0.3, 0.4) is 0 Å². The maximum Gasteiger partial charge on any atom is 0.231 e. The Bertz CT molecular complexity index is 901. The summed E-state index contributed by atoms with van der Waals surface area (Å²) < 4.78 is 27.0. The van der Waals surface area contributed by atoms with E-state index in [-0.39, 0.29) is 24.2 Å². The van der Waals surface area contributed by atoms with Gasteiger partial charge in [-0.2, -0.15) is 4.57 Å². The first-order valence-electron chi connectivity index (χ1n) is 9.77. The molecule has 1 aliphatic carbocycles. The second-order valence-corrected chi connectivity index (χ2v) is 7.93. The molecule has 4 heterocycles. The molecular weight excluding hydrogens is 342 g/mol. The molecule has 1 aromatic carbocycles. The molecule has 0 radical (unpaired) electrons. The van der Waals surface area contributed by atoms with E-state index >= 15 is 0 Å². The first kappa shape index (κ1) is 17.0. The van der Waals surface area contributed by atoms with Gasteiger partial charge < -0.3 is 18.9 Å². The number of fused-ring (bicyclic) bond motifs is 2. The van der Waals surface area contributed by atoms with Crippen molar-refractivity contribution in [2.24, 2.45) is 5.41 Å². The second-order valence-electron chi connectivity index (χ2n) is 7.93. The second kappa shape index (κ2) is 5.69. The predicted molar refractivity (Wildman–Crippen MR) is 98.9 cm³/mol. The number of benzene rings is 1. The molecule has 4 aliphatic rings. The van der Waals surface area contributed by atoms with Crippen LogP contribution in [0.25, 0.3) is 0 Å². The van der Waals surface area contributed by atoms with Crippen molar-refractivity contribution in [3.63, 3.8) is 0 Å². The third-order valence-corrected chi connectivity index (χ3v) is 6.37. The van der Waals surface area contributed by atoms with Gasteiger partial charge >= 0.3 is 0 Å². The molecular formula is C22H26NO4+. The number of pyridine rings is 1. The van der Waals surface area contributed by atoms with Gasteiger partial charge in [0, 0.05) is 36.5 Å². The molecule has 2 atom stereocenters. The monoisotopic (exact) mass is 368 g/mol. The van der Waals surface area contributed by atoms with E-state index in [1.165, 1.54) is 11.3 Å². The van der Waals surface area contributed by atoms with Gasteiger partial charge in [0.25, 0.3) is 0 Å². The van der Waals surface area contributed by atoms with Crippen LogP contribution in [0.2, 0.25) is 0 Å². The van der Waals surface area contributed by atoms with E-state index in [1.807, 2.05) is 19.9 Å². The van der Waals surface area contributed by atoms with Gasteiger partial charge in [0.05, 0.1) is 5.41 Å². The molecule has 0 N–H and O–H groups in total. The molecule has 0 saturated carbocycles. The summed E-state index contributed by atoms with van der Waals surface area (Å²) in [6.07, 6.45) is 2.17. The molecule has 5 heteroatoms. The molecule has 6 rings (SSSR count). The quantitative estimate of drug-likeness (QED) is 0.611. The Labute approximate surface area is 159 Å². The van der Waals surface area contributed by atoms with Crippen LogP contribution in [0.15, 0.2) is 36.5 Å². The van der Waals surface area contributed by atoms with Gasteiger partial charge in [-0.25, -0.2) is 0 Å². The fraction of sp³-hybridized carbons (Fsp3) is 0.500. The van der Waals surface area contributed by atoms with E-state index in [4.69, 9.17) is 18.9 Å². The SMILES string of the molecule is CCOC1(OCC)C2c3c(ccc4c3OCO4)C([n+]3ccccc32)C1(C)C. The Balaban J connectivity index is 1.87. The zero-order chi connectivity index (χ0) is 18.8. The predicted octanol–water partition coefficient (Wildman–Crippen LogP) is 3.55. The van der Waals surface area contributed by atoms with Crippen molar-refractivity contribution in [2.75, 3.05) is 20.0 Å². The zero-order valence-corrected chi connectivity index (χ0v) is 16.3. The summed E-state index contributed by atoms with van der Waals surface area (Å²) in [5, 5.41) is 0. The van der Waals surface area contributed by atoms with E-state index in [9.17, 15) is 0 Å². The van der Waals surface area contributed by atoms with Crippen LogP contribution >= 0.6 is 0 Å². The largest absolute Gasteiger partial charge is 0.454 e. The molecule has 2 aromatic rings. The fourth-order valence-electron chi connectivity index (χ4n) is 5.49. The highest BCUT2D eigenvalue weighted by Gasteiger charge is 2.71. The lowest BCUT2D eigenvalue weighted by Crippen LogP contribution is -2.71. The minimum absolute atomic E-state index is 0.0845. The van der Waals surface area contributed by atoms with Gasteiger partial charge in [0.15, 0.2) is 35.2 Å². The molecule has 3 aliphatic heterocycles. The summed E-state index contributed by atoms with van der Waals surface area (Å²) in [4.78, 5) is 0. The summed E-state index contributed by atoms with van der Waals surface area (Å²) in [5.74, 6) is 0.793. The normalized spacial score (nSPS) is 25.2. The standard InChI is InChI=1S/C22H26NO4/c1-5-26-22(27-6-2)18-15-9-7-8-12-23(15)20(21(22,3)4)14-10-11-16-19(17(14)18)25-13-24-16/h7-12,18,20H,5-6,13H2,1-4H3/q+1. The summed E-state index contributed by atoms with van der Waals surface area (Å²) in [5.41, 5.74) is 3.35. The number of rotatable bonds is 4. The first-order valence-corrected chi connectivity index (χ1v) is 9.77. The molecule has 27 heavy (non-hydrogen) atoms. The number of ether oxygens (including phenoxy) is 4. The van der Waals surface area contributed by atoms with Crippen molar-refractivity contribution in [1.82, 2.24) is 0 Å². The van der Waals surface area contributed by atoms with Crippen LogP contribution in [-0.4, -0.2) is 25.8 Å². The van der Waals surface area contributed by atoms with Crippen LogP contribution in [0, 0.1) is 5.41 Å². The Hall–Kier alpha value is -2.11. The number of nitrogens with zero attached hydrogens (tertiary/aromatic N) is 1. The topological polar surface area (TPSA) is 40.8 Å². The Kier molecular flexibility index (Phi) is 3.59. The lowest BCUT2D eigenvalue weighted by Gasteiger charge is -2.57. The summed E-state index contributed by atoms with van der Waals surface area (Å²) in [7, 11) is 0. The smallest absolute Gasteiger partial charge is 0.231 e. The van der Waals surface area contributed by atoms with Crippen LogP contribution in [-0.2, 0) is 9.47 Å².